The molecule has 262 valence electrons. The van der Waals surface area contributed by atoms with Crippen LogP contribution in [-0.4, -0.2) is 103 Å². The first-order chi connectivity index (χ1) is 21.6. The molecule has 0 aromatic carbocycles. The number of thioether (sulfide) groups is 1. The molecule has 0 fully saturated rings. The predicted molar refractivity (Wildman–Crippen MR) is 191 cm³/mol. The standard InChI is InChI=1S/C16H26N2O4S.C8H11NO.C5H9NO.C4H7O.Na.H2S/c1-3-5-6-7-14(19)17-9-10-18(15(20)4-2)11-13-23-12-8-16(21)22;1-2-3-4-5-8-9-6-7-10-8;1-2-5-6-3-4-7-5;1-3-4(2)5;;/h1H,4-13H2,2H3,(H,17,19)(H,21,22);1H,3-7H2;2-4H2,1H3;1,3H2,2H3;;1H2/q;;;-1;+1;/p-1. The molecule has 14 heteroatoms. The van der Waals surface area contributed by atoms with Gasteiger partial charge in [-0.05, 0) is 19.8 Å². The number of nitrogens with zero attached hydrogens (tertiary/aromatic N) is 3. The predicted octanol–water partition coefficient (Wildman–Crippen LogP) is 0.930. The van der Waals surface area contributed by atoms with Crippen LogP contribution < -0.4 is 34.9 Å². The Balaban J connectivity index is -0.000000313. The van der Waals surface area contributed by atoms with Gasteiger partial charge in [-0.25, -0.2) is 0 Å². The summed E-state index contributed by atoms with van der Waals surface area (Å²) in [5.74, 6) is 7.40. The number of ether oxygens (including phenoxy) is 2. The zero-order valence-corrected chi connectivity index (χ0v) is 32.6. The monoisotopic (exact) mass is 705 g/mol. The smallest absolute Gasteiger partial charge is 0.813 e. The van der Waals surface area contributed by atoms with Crippen molar-refractivity contribution in [2.75, 3.05) is 57.4 Å². The van der Waals surface area contributed by atoms with E-state index in [1.54, 1.807) is 11.8 Å². The number of carbonyl (C=O) groups is 4. The summed E-state index contributed by atoms with van der Waals surface area (Å²) in [6.07, 6.45) is 16.5. The Bertz CT molecular complexity index is 998. The molecule has 0 bridgehead atoms. The Labute approximate surface area is 316 Å². The summed E-state index contributed by atoms with van der Waals surface area (Å²) in [6.45, 7) is 13.4. The molecule has 0 saturated carbocycles. The average Bonchev–Trinajstić information content (AvgIpc) is 3.76. The number of hydrogen-bond acceptors (Lipinski definition) is 10. The summed E-state index contributed by atoms with van der Waals surface area (Å²) in [7, 11) is 0. The number of hydrogen-bond donors (Lipinski definition) is 2. The molecule has 0 radical (unpaired) electrons. The van der Waals surface area contributed by atoms with Crippen molar-refractivity contribution in [2.45, 2.75) is 85.0 Å². The number of amides is 2. The van der Waals surface area contributed by atoms with Crippen LogP contribution in [0.25, 0.3) is 0 Å². The molecule has 0 spiro atoms. The third-order valence-corrected chi connectivity index (χ3v) is 6.68. The third kappa shape index (κ3) is 36.5. The van der Waals surface area contributed by atoms with Gasteiger partial charge in [-0.1, -0.05) is 13.8 Å². The molecule has 2 N–H and O–H groups in total. The van der Waals surface area contributed by atoms with E-state index in [2.05, 4.69) is 34.1 Å². The first-order valence-corrected chi connectivity index (χ1v) is 16.6. The van der Waals surface area contributed by atoms with Gasteiger partial charge in [-0.2, -0.15) is 11.8 Å². The van der Waals surface area contributed by atoms with Crippen LogP contribution in [0.4, 0.5) is 0 Å². The number of aliphatic carboxylic acids is 1. The normalized spacial score (nSPS) is 11.8. The van der Waals surface area contributed by atoms with Gasteiger partial charge in [-0.15, -0.1) is 31.1 Å². The van der Waals surface area contributed by atoms with E-state index in [0.29, 0.717) is 63.2 Å². The Morgan fingerprint density at radius 1 is 0.979 bits per heavy atom. The number of ketones is 1. The van der Waals surface area contributed by atoms with Gasteiger partial charge in [0.05, 0.1) is 25.3 Å². The zero-order valence-electron chi connectivity index (χ0n) is 28.9. The number of terminal acetylenes is 2. The quantitative estimate of drug-likeness (QED) is 0.0531. The Hall–Kier alpha value is -2.16. The van der Waals surface area contributed by atoms with Crippen molar-refractivity contribution in [3.8, 4) is 24.7 Å². The zero-order chi connectivity index (χ0) is 34.1. The second kappa shape index (κ2) is 38.3. The van der Waals surface area contributed by atoms with Gasteiger partial charge in [0.2, 0.25) is 11.8 Å². The van der Waals surface area contributed by atoms with E-state index < -0.39 is 5.97 Å². The largest absolute Gasteiger partial charge is 1.00 e. The average molecular weight is 706 g/mol. The molecule has 11 nitrogen and oxygen atoms in total. The van der Waals surface area contributed by atoms with E-state index in [1.807, 2.05) is 6.92 Å². The maximum Gasteiger partial charge on any atom is 1.00 e. The van der Waals surface area contributed by atoms with E-state index in [-0.39, 0.29) is 67.1 Å². The van der Waals surface area contributed by atoms with Gasteiger partial charge in [0, 0.05) is 69.7 Å². The summed E-state index contributed by atoms with van der Waals surface area (Å²) < 4.78 is 10.2. The number of unbranched alkanes of at least 4 members (excludes halogenated alkanes) is 2. The number of Topliss-reactive ketones (excluding diaryl/α,β-unsaturated/α-hetero) is 1. The molecule has 2 rings (SSSR count). The molecule has 0 unspecified atom stereocenters. The number of carbonyl (C=O) groups excluding carboxylic acids is 3. The minimum atomic E-state index is -0.813. The summed E-state index contributed by atoms with van der Waals surface area (Å²) in [5.41, 5.74) is 0. The van der Waals surface area contributed by atoms with Crippen molar-refractivity contribution in [1.29, 1.82) is 0 Å². The third-order valence-electron chi connectivity index (χ3n) is 5.71. The second-order valence-electron chi connectivity index (χ2n) is 9.51. The first-order valence-electron chi connectivity index (χ1n) is 15.5. The number of carboxylic acids is 1. The molecule has 0 atom stereocenters. The summed E-state index contributed by atoms with van der Waals surface area (Å²) in [6, 6.07) is 0. The fourth-order valence-electron chi connectivity index (χ4n) is 3.26. The van der Waals surface area contributed by atoms with Crippen molar-refractivity contribution in [2.24, 2.45) is 9.98 Å². The molecule has 2 heterocycles. The maximum atomic E-state index is 11.9. The van der Waals surface area contributed by atoms with E-state index >= 15 is 0 Å². The van der Waals surface area contributed by atoms with E-state index in [0.717, 1.165) is 63.8 Å². The van der Waals surface area contributed by atoms with Gasteiger partial charge in [0.15, 0.2) is 11.8 Å². The fourth-order valence-corrected chi connectivity index (χ4v) is 4.13. The Kier molecular flexibility index (Phi) is 42.1. The molecule has 2 aliphatic rings. The van der Waals surface area contributed by atoms with Crippen LogP contribution in [0, 0.1) is 31.6 Å². The number of nitrogens with one attached hydrogen (secondary N) is 1. The molecule has 0 aromatic heterocycles. The van der Waals surface area contributed by atoms with Gasteiger partial charge in [0.25, 0.3) is 0 Å². The molecule has 2 aliphatic heterocycles. The minimum Gasteiger partial charge on any atom is -0.813 e. The Morgan fingerprint density at radius 2 is 1.55 bits per heavy atom. The number of aliphatic imine (C=N–C) groups is 2. The first kappa shape index (κ1) is 51.7. The summed E-state index contributed by atoms with van der Waals surface area (Å²) in [5, 5.41) is 11.3. The number of thiol groups is 1. The SMILES string of the molecule is C#CCCCC(=O)NCCN(CCSCCC(=O)O)C(=O)CC.C#CCCCC1=NCCO1.CCC1=NCCO1.[CH2-]CC(C)=O.[Na+].[SH-]. The van der Waals surface area contributed by atoms with E-state index in [9.17, 15) is 19.2 Å². The maximum absolute atomic E-state index is 11.9. The van der Waals surface area contributed by atoms with E-state index in [1.165, 1.54) is 18.7 Å². The van der Waals surface area contributed by atoms with Crippen LogP contribution in [-0.2, 0) is 42.1 Å². The number of rotatable bonds is 18. The Morgan fingerprint density at radius 3 is 2.00 bits per heavy atom. The molecule has 2 amide bonds. The van der Waals surface area contributed by atoms with Crippen molar-refractivity contribution in [3.05, 3.63) is 6.92 Å². The van der Waals surface area contributed by atoms with Crippen molar-refractivity contribution < 1.29 is 63.3 Å². The second-order valence-corrected chi connectivity index (χ2v) is 10.7. The summed E-state index contributed by atoms with van der Waals surface area (Å²) in [4.78, 5) is 53.5. The topological polar surface area (TPSA) is 147 Å². The van der Waals surface area contributed by atoms with Crippen LogP contribution in [0.2, 0.25) is 0 Å². The molecule has 0 aliphatic carbocycles. The molecule has 47 heavy (non-hydrogen) atoms. The van der Waals surface area contributed by atoms with Gasteiger partial charge in [0.1, 0.15) is 13.2 Å². The van der Waals surface area contributed by atoms with Crippen molar-refractivity contribution in [1.82, 2.24) is 10.2 Å². The molecule has 0 aromatic rings. The van der Waals surface area contributed by atoms with Crippen LogP contribution in [0.15, 0.2) is 9.98 Å². The van der Waals surface area contributed by atoms with Crippen molar-refractivity contribution >= 4 is 60.6 Å². The van der Waals surface area contributed by atoms with Crippen LogP contribution in [0.3, 0.4) is 0 Å². The van der Waals surface area contributed by atoms with Gasteiger partial charge >= 0.3 is 35.5 Å². The number of carboxylic acid groups (broad SMARTS) is 1. The molecular weight excluding hydrogens is 652 g/mol. The van der Waals surface area contributed by atoms with Gasteiger partial charge < -0.3 is 50.0 Å². The van der Waals surface area contributed by atoms with Crippen LogP contribution >= 0.6 is 11.8 Å². The van der Waals surface area contributed by atoms with E-state index in [4.69, 9.17) is 27.4 Å². The van der Waals surface area contributed by atoms with Gasteiger partial charge in [-0.3, -0.25) is 24.4 Å². The fraction of sp³-hybridized carbons (Fsp3) is 0.667. The van der Waals surface area contributed by atoms with Crippen molar-refractivity contribution in [3.63, 3.8) is 0 Å². The van der Waals surface area contributed by atoms with Crippen LogP contribution in [0.5, 0.6) is 0 Å². The van der Waals surface area contributed by atoms with Crippen LogP contribution in [0.1, 0.15) is 85.0 Å². The molecule has 0 saturated heterocycles. The molecular formula is C33H54N4NaO7S2-. The summed E-state index contributed by atoms with van der Waals surface area (Å²) >= 11 is 1.51. The minimum absolute atomic E-state index is 0.